The Morgan fingerprint density at radius 2 is 1.88 bits per heavy atom. The zero-order valence-corrected chi connectivity index (χ0v) is 15.7. The molecular weight excluding hydrogens is 330 g/mol. The van der Waals surface area contributed by atoms with Crippen LogP contribution in [0.5, 0.6) is 11.5 Å². The molecule has 3 atom stereocenters. The molecule has 0 radical (unpaired) electrons. The van der Waals surface area contributed by atoms with Gasteiger partial charge < -0.3 is 19.2 Å². The molecule has 0 saturated heterocycles. The third kappa shape index (κ3) is 3.06. The lowest BCUT2D eigenvalue weighted by atomic mass is 9.74. The SMILES string of the molecule is Cc1cc2c(o1)CC(C)(C)C[C@@H]2NC(=O)[C@@H]1Oc2ccccc2O[C@@H]1C. The molecule has 4 rings (SSSR count). The molecule has 5 nitrogen and oxygen atoms in total. The van der Waals surface area contributed by atoms with E-state index in [-0.39, 0.29) is 23.5 Å². The average Bonchev–Trinajstić information content (AvgIpc) is 2.93. The molecular formula is C21H25NO4. The monoisotopic (exact) mass is 355 g/mol. The van der Waals surface area contributed by atoms with E-state index in [2.05, 4.69) is 19.2 Å². The fraction of sp³-hybridized carbons (Fsp3) is 0.476. The highest BCUT2D eigenvalue weighted by Crippen LogP contribution is 2.42. The highest BCUT2D eigenvalue weighted by molar-refractivity contribution is 5.82. The first-order valence-corrected chi connectivity index (χ1v) is 9.14. The number of ether oxygens (including phenoxy) is 2. The molecule has 2 aromatic rings. The van der Waals surface area contributed by atoms with Gasteiger partial charge in [-0.25, -0.2) is 0 Å². The first kappa shape index (κ1) is 17.0. The Morgan fingerprint density at radius 1 is 1.19 bits per heavy atom. The molecule has 0 bridgehead atoms. The van der Waals surface area contributed by atoms with Gasteiger partial charge in [0.1, 0.15) is 17.6 Å². The number of amides is 1. The maximum Gasteiger partial charge on any atom is 0.265 e. The molecule has 26 heavy (non-hydrogen) atoms. The van der Waals surface area contributed by atoms with Gasteiger partial charge in [-0.05, 0) is 43.9 Å². The predicted octanol–water partition coefficient (Wildman–Crippen LogP) is 3.95. The topological polar surface area (TPSA) is 60.7 Å². The number of benzene rings is 1. The van der Waals surface area contributed by atoms with Gasteiger partial charge in [0, 0.05) is 12.0 Å². The Balaban J connectivity index is 1.55. The Bertz CT molecular complexity index is 838. The van der Waals surface area contributed by atoms with Crippen LogP contribution in [0.25, 0.3) is 0 Å². The first-order valence-electron chi connectivity index (χ1n) is 9.14. The maximum atomic E-state index is 13.0. The van der Waals surface area contributed by atoms with E-state index in [1.807, 2.05) is 44.2 Å². The summed E-state index contributed by atoms with van der Waals surface area (Å²) in [5, 5.41) is 3.17. The predicted molar refractivity (Wildman–Crippen MR) is 97.4 cm³/mol. The number of rotatable bonds is 2. The van der Waals surface area contributed by atoms with E-state index in [1.54, 1.807) is 0 Å². The van der Waals surface area contributed by atoms with E-state index in [0.29, 0.717) is 11.5 Å². The Morgan fingerprint density at radius 3 is 2.62 bits per heavy atom. The lowest BCUT2D eigenvalue weighted by molar-refractivity contribution is -0.134. The van der Waals surface area contributed by atoms with Crippen LogP contribution in [0.3, 0.4) is 0 Å². The molecule has 1 amide bonds. The summed E-state index contributed by atoms with van der Waals surface area (Å²) < 4.78 is 17.7. The Labute approximate surface area is 153 Å². The van der Waals surface area contributed by atoms with Gasteiger partial charge in [0.2, 0.25) is 6.10 Å². The number of carbonyl (C=O) groups is 1. The lowest BCUT2D eigenvalue weighted by Crippen LogP contribution is -2.50. The number of hydrogen-bond donors (Lipinski definition) is 1. The molecule has 2 heterocycles. The van der Waals surface area contributed by atoms with E-state index < -0.39 is 6.10 Å². The van der Waals surface area contributed by atoms with E-state index >= 15 is 0 Å². The summed E-state index contributed by atoms with van der Waals surface area (Å²) in [5.74, 6) is 2.99. The minimum Gasteiger partial charge on any atom is -0.482 e. The van der Waals surface area contributed by atoms with Gasteiger partial charge in [-0.3, -0.25) is 4.79 Å². The van der Waals surface area contributed by atoms with Crippen LogP contribution in [0.15, 0.2) is 34.7 Å². The Kier molecular flexibility index (Phi) is 3.98. The van der Waals surface area contributed by atoms with Gasteiger partial charge >= 0.3 is 0 Å². The second-order valence-electron chi connectivity index (χ2n) is 8.15. The minimum absolute atomic E-state index is 0.0668. The molecule has 138 valence electrons. The molecule has 2 aliphatic rings. The summed E-state index contributed by atoms with van der Waals surface area (Å²) in [6, 6.07) is 9.39. The first-order chi connectivity index (χ1) is 12.3. The molecule has 0 spiro atoms. The van der Waals surface area contributed by atoms with Gasteiger partial charge in [0.15, 0.2) is 11.5 Å². The second kappa shape index (κ2) is 6.08. The molecule has 0 saturated carbocycles. The van der Waals surface area contributed by atoms with Crippen molar-refractivity contribution in [1.82, 2.24) is 5.32 Å². The van der Waals surface area contributed by atoms with Crippen molar-refractivity contribution in [2.24, 2.45) is 5.41 Å². The number of hydrogen-bond acceptors (Lipinski definition) is 4. The molecule has 0 fully saturated rings. The summed E-state index contributed by atoms with van der Waals surface area (Å²) >= 11 is 0. The summed E-state index contributed by atoms with van der Waals surface area (Å²) in [6.07, 6.45) is 0.719. The van der Waals surface area contributed by atoms with Crippen molar-refractivity contribution in [1.29, 1.82) is 0 Å². The number of carbonyl (C=O) groups excluding carboxylic acids is 1. The smallest absolute Gasteiger partial charge is 0.265 e. The van der Waals surface area contributed by atoms with E-state index in [4.69, 9.17) is 13.9 Å². The molecule has 1 aliphatic heterocycles. The maximum absolute atomic E-state index is 13.0. The zero-order chi connectivity index (χ0) is 18.5. The quantitative estimate of drug-likeness (QED) is 0.886. The van der Waals surface area contributed by atoms with Crippen LogP contribution in [0.2, 0.25) is 0 Å². The summed E-state index contributed by atoms with van der Waals surface area (Å²) in [5.41, 5.74) is 1.15. The summed E-state index contributed by atoms with van der Waals surface area (Å²) in [6.45, 7) is 8.21. The normalized spacial score (nSPS) is 26.1. The van der Waals surface area contributed by atoms with Crippen molar-refractivity contribution in [2.45, 2.75) is 58.8 Å². The van der Waals surface area contributed by atoms with E-state index in [1.165, 1.54) is 0 Å². The van der Waals surface area contributed by atoms with Gasteiger partial charge in [0.25, 0.3) is 5.91 Å². The van der Waals surface area contributed by atoms with Gasteiger partial charge in [-0.2, -0.15) is 0 Å². The largest absolute Gasteiger partial charge is 0.482 e. The summed E-state index contributed by atoms with van der Waals surface area (Å²) in [4.78, 5) is 13.0. The molecule has 1 aromatic carbocycles. The number of furan rings is 1. The second-order valence-corrected chi connectivity index (χ2v) is 8.15. The van der Waals surface area contributed by atoms with Crippen LogP contribution in [-0.2, 0) is 11.2 Å². The number of para-hydroxylation sites is 2. The van der Waals surface area contributed by atoms with Crippen molar-refractivity contribution < 1.29 is 18.7 Å². The van der Waals surface area contributed by atoms with Crippen LogP contribution in [0.4, 0.5) is 0 Å². The van der Waals surface area contributed by atoms with Crippen molar-refractivity contribution in [3.63, 3.8) is 0 Å². The van der Waals surface area contributed by atoms with Crippen molar-refractivity contribution >= 4 is 5.91 Å². The molecule has 5 heteroatoms. The zero-order valence-electron chi connectivity index (χ0n) is 15.7. The molecule has 0 unspecified atom stereocenters. The highest BCUT2D eigenvalue weighted by atomic mass is 16.6. The lowest BCUT2D eigenvalue weighted by Gasteiger charge is -2.36. The fourth-order valence-electron chi connectivity index (χ4n) is 3.97. The van der Waals surface area contributed by atoms with Crippen LogP contribution in [0.1, 0.15) is 50.3 Å². The van der Waals surface area contributed by atoms with Crippen LogP contribution >= 0.6 is 0 Å². The van der Waals surface area contributed by atoms with Crippen LogP contribution in [-0.4, -0.2) is 18.1 Å². The van der Waals surface area contributed by atoms with Crippen molar-refractivity contribution in [3.8, 4) is 11.5 Å². The van der Waals surface area contributed by atoms with Crippen molar-refractivity contribution in [3.05, 3.63) is 47.4 Å². The Hall–Kier alpha value is -2.43. The van der Waals surface area contributed by atoms with Gasteiger partial charge in [0.05, 0.1) is 6.04 Å². The van der Waals surface area contributed by atoms with Gasteiger partial charge in [-0.15, -0.1) is 0 Å². The number of aryl methyl sites for hydroxylation is 1. The van der Waals surface area contributed by atoms with E-state index in [9.17, 15) is 4.79 Å². The van der Waals surface area contributed by atoms with Crippen LogP contribution in [0, 0.1) is 12.3 Å². The van der Waals surface area contributed by atoms with Gasteiger partial charge in [-0.1, -0.05) is 26.0 Å². The standard InChI is InChI=1S/C21H25NO4/c1-12-9-14-15(10-21(3,4)11-18(14)24-12)22-20(23)19-13(2)25-16-7-5-6-8-17(16)26-19/h5-9,13,15,19H,10-11H2,1-4H3,(H,22,23)/t13-,15+,19-/m1/s1. The third-order valence-electron chi connectivity index (χ3n) is 5.15. The summed E-state index contributed by atoms with van der Waals surface area (Å²) in [7, 11) is 0. The minimum atomic E-state index is -0.675. The van der Waals surface area contributed by atoms with Crippen LogP contribution < -0.4 is 14.8 Å². The molecule has 1 aliphatic carbocycles. The molecule has 1 aromatic heterocycles. The average molecular weight is 355 g/mol. The third-order valence-corrected chi connectivity index (χ3v) is 5.15. The highest BCUT2D eigenvalue weighted by Gasteiger charge is 2.39. The number of nitrogens with one attached hydrogen (secondary N) is 1. The molecule has 1 N–H and O–H groups in total. The number of fused-ring (bicyclic) bond motifs is 2. The fourth-order valence-corrected chi connectivity index (χ4v) is 3.97. The van der Waals surface area contributed by atoms with E-state index in [0.717, 1.165) is 29.9 Å². The van der Waals surface area contributed by atoms with Crippen molar-refractivity contribution in [2.75, 3.05) is 0 Å².